The molecule has 156 valence electrons. The molecule has 1 heterocycles. The van der Waals surface area contributed by atoms with Gasteiger partial charge >= 0.3 is 0 Å². The van der Waals surface area contributed by atoms with E-state index < -0.39 is 0 Å². The van der Waals surface area contributed by atoms with Gasteiger partial charge in [0.15, 0.2) is 5.13 Å². The van der Waals surface area contributed by atoms with Crippen LogP contribution in [0.15, 0.2) is 29.6 Å². The number of anilines is 1. The molecule has 1 aromatic carbocycles. The Kier molecular flexibility index (Phi) is 8.33. The third kappa shape index (κ3) is 6.98. The maximum absolute atomic E-state index is 12.8. The van der Waals surface area contributed by atoms with Crippen molar-refractivity contribution in [2.75, 3.05) is 18.4 Å². The Labute approximate surface area is 175 Å². The van der Waals surface area contributed by atoms with E-state index in [2.05, 4.69) is 15.6 Å². The maximum atomic E-state index is 12.8. The van der Waals surface area contributed by atoms with Crippen LogP contribution in [0.2, 0.25) is 0 Å². The number of amides is 3. The molecule has 0 unspecified atom stereocenters. The second-order valence-corrected chi connectivity index (χ2v) is 7.97. The van der Waals surface area contributed by atoms with Crippen LogP contribution in [0.25, 0.3) is 0 Å². The molecule has 2 aromatic rings. The first-order valence-electron chi connectivity index (χ1n) is 9.68. The zero-order valence-electron chi connectivity index (χ0n) is 17.3. The standard InChI is InChI=1S/C21H28N4O3S/c1-5-10-22-18(26)11-17-13-29-21(23-17)24-19(27)12-25(14(2)3)20(28)16-8-6-15(4)7-9-16/h6-9,13-14H,5,10-12H2,1-4H3,(H,22,26)(H,23,24,27). The number of rotatable bonds is 9. The van der Waals surface area contributed by atoms with Gasteiger partial charge in [-0.25, -0.2) is 4.98 Å². The Morgan fingerprint density at radius 1 is 1.14 bits per heavy atom. The van der Waals surface area contributed by atoms with Crippen molar-refractivity contribution in [3.05, 3.63) is 46.5 Å². The van der Waals surface area contributed by atoms with Crippen LogP contribution < -0.4 is 10.6 Å². The van der Waals surface area contributed by atoms with Crippen LogP contribution in [0.1, 0.15) is 48.8 Å². The minimum atomic E-state index is -0.324. The number of thiazole rings is 1. The molecule has 1 aromatic heterocycles. The normalized spacial score (nSPS) is 10.7. The number of carbonyl (C=O) groups excluding carboxylic acids is 3. The molecule has 0 saturated heterocycles. The van der Waals surface area contributed by atoms with Crippen molar-refractivity contribution >= 4 is 34.2 Å². The zero-order valence-corrected chi connectivity index (χ0v) is 18.1. The fourth-order valence-electron chi connectivity index (χ4n) is 2.60. The van der Waals surface area contributed by atoms with Crippen LogP contribution in [-0.4, -0.2) is 46.7 Å². The van der Waals surface area contributed by atoms with Gasteiger partial charge in [-0.15, -0.1) is 11.3 Å². The topological polar surface area (TPSA) is 91.4 Å². The second-order valence-electron chi connectivity index (χ2n) is 7.11. The van der Waals surface area contributed by atoms with Crippen LogP contribution in [0.3, 0.4) is 0 Å². The highest BCUT2D eigenvalue weighted by Crippen LogP contribution is 2.16. The fourth-order valence-corrected chi connectivity index (χ4v) is 3.33. The summed E-state index contributed by atoms with van der Waals surface area (Å²) in [6.07, 6.45) is 1.05. The number of aryl methyl sites for hydroxylation is 1. The van der Waals surface area contributed by atoms with Gasteiger partial charge in [-0.1, -0.05) is 24.6 Å². The summed E-state index contributed by atoms with van der Waals surface area (Å²) < 4.78 is 0. The Hall–Kier alpha value is -2.74. The van der Waals surface area contributed by atoms with Crippen LogP contribution in [0.4, 0.5) is 5.13 Å². The number of hydrogen-bond donors (Lipinski definition) is 2. The molecule has 0 radical (unpaired) electrons. The van der Waals surface area contributed by atoms with E-state index in [0.29, 0.717) is 22.9 Å². The van der Waals surface area contributed by atoms with Gasteiger partial charge in [0.2, 0.25) is 11.8 Å². The molecule has 0 atom stereocenters. The second kappa shape index (κ2) is 10.7. The van der Waals surface area contributed by atoms with Gasteiger partial charge < -0.3 is 15.5 Å². The molecule has 2 N–H and O–H groups in total. The molecule has 0 bridgehead atoms. The highest BCUT2D eigenvalue weighted by Gasteiger charge is 2.22. The van der Waals surface area contributed by atoms with Crippen LogP contribution in [0, 0.1) is 6.92 Å². The molecule has 8 heteroatoms. The molecule has 0 saturated carbocycles. The van der Waals surface area contributed by atoms with Gasteiger partial charge in [0.1, 0.15) is 6.54 Å². The number of nitrogens with one attached hydrogen (secondary N) is 2. The third-order valence-corrected chi connectivity index (χ3v) is 5.02. The quantitative estimate of drug-likeness (QED) is 0.657. The predicted molar refractivity (Wildman–Crippen MR) is 115 cm³/mol. The Bertz CT molecular complexity index is 846. The summed E-state index contributed by atoms with van der Waals surface area (Å²) in [5.74, 6) is -0.609. The Balaban J connectivity index is 1.96. The lowest BCUT2D eigenvalue weighted by Crippen LogP contribution is -2.42. The number of aromatic nitrogens is 1. The summed E-state index contributed by atoms with van der Waals surface area (Å²) in [6, 6.07) is 7.14. The lowest BCUT2D eigenvalue weighted by atomic mass is 10.1. The van der Waals surface area contributed by atoms with Crippen molar-refractivity contribution in [1.29, 1.82) is 0 Å². The van der Waals surface area contributed by atoms with E-state index in [1.165, 1.54) is 16.2 Å². The van der Waals surface area contributed by atoms with Crippen molar-refractivity contribution in [1.82, 2.24) is 15.2 Å². The van der Waals surface area contributed by atoms with E-state index in [9.17, 15) is 14.4 Å². The summed E-state index contributed by atoms with van der Waals surface area (Å²) in [6.45, 7) is 8.24. The first-order valence-corrected chi connectivity index (χ1v) is 10.6. The summed E-state index contributed by atoms with van der Waals surface area (Å²) in [5.41, 5.74) is 2.22. The van der Waals surface area contributed by atoms with Crippen molar-refractivity contribution < 1.29 is 14.4 Å². The van der Waals surface area contributed by atoms with E-state index in [4.69, 9.17) is 0 Å². The van der Waals surface area contributed by atoms with Gasteiger partial charge in [-0.05, 0) is 39.3 Å². The zero-order chi connectivity index (χ0) is 21.4. The average molecular weight is 417 g/mol. The summed E-state index contributed by atoms with van der Waals surface area (Å²) in [5, 5.41) is 7.68. The number of carbonyl (C=O) groups is 3. The highest BCUT2D eigenvalue weighted by atomic mass is 32.1. The van der Waals surface area contributed by atoms with E-state index >= 15 is 0 Å². The molecule has 0 aliphatic rings. The summed E-state index contributed by atoms with van der Waals surface area (Å²) in [4.78, 5) is 42.8. The lowest BCUT2D eigenvalue weighted by molar-refractivity contribution is -0.120. The molecule has 0 aliphatic carbocycles. The van der Waals surface area contributed by atoms with Crippen LogP contribution >= 0.6 is 11.3 Å². The molecule has 2 rings (SSSR count). The summed E-state index contributed by atoms with van der Waals surface area (Å²) in [7, 11) is 0. The number of nitrogens with zero attached hydrogens (tertiary/aromatic N) is 2. The van der Waals surface area contributed by atoms with Crippen molar-refractivity contribution in [3.8, 4) is 0 Å². The van der Waals surface area contributed by atoms with Crippen molar-refractivity contribution in [2.24, 2.45) is 0 Å². The minimum absolute atomic E-state index is 0.0731. The number of benzene rings is 1. The van der Waals surface area contributed by atoms with Crippen molar-refractivity contribution in [3.63, 3.8) is 0 Å². The average Bonchev–Trinajstić information content (AvgIpc) is 3.10. The largest absolute Gasteiger partial charge is 0.356 e. The van der Waals surface area contributed by atoms with Gasteiger partial charge in [-0.3, -0.25) is 14.4 Å². The van der Waals surface area contributed by atoms with E-state index in [1.807, 2.05) is 39.8 Å². The molecule has 3 amide bonds. The lowest BCUT2D eigenvalue weighted by Gasteiger charge is -2.26. The van der Waals surface area contributed by atoms with Crippen LogP contribution in [0.5, 0.6) is 0 Å². The maximum Gasteiger partial charge on any atom is 0.254 e. The highest BCUT2D eigenvalue weighted by molar-refractivity contribution is 7.13. The van der Waals surface area contributed by atoms with Gasteiger partial charge in [0.05, 0.1) is 12.1 Å². The van der Waals surface area contributed by atoms with Gasteiger partial charge in [-0.2, -0.15) is 0 Å². The van der Waals surface area contributed by atoms with E-state index in [0.717, 1.165) is 12.0 Å². The van der Waals surface area contributed by atoms with E-state index in [-0.39, 0.29) is 36.7 Å². The first kappa shape index (κ1) is 22.5. The molecule has 7 nitrogen and oxygen atoms in total. The molecule has 0 aliphatic heterocycles. The van der Waals surface area contributed by atoms with Gasteiger partial charge in [0, 0.05) is 23.5 Å². The molecule has 0 fully saturated rings. The van der Waals surface area contributed by atoms with E-state index in [1.54, 1.807) is 17.5 Å². The third-order valence-electron chi connectivity index (χ3n) is 4.21. The van der Waals surface area contributed by atoms with Crippen molar-refractivity contribution in [2.45, 2.75) is 46.6 Å². The monoisotopic (exact) mass is 416 g/mol. The van der Waals surface area contributed by atoms with Gasteiger partial charge in [0.25, 0.3) is 5.91 Å². The Morgan fingerprint density at radius 2 is 1.83 bits per heavy atom. The molecular weight excluding hydrogens is 388 g/mol. The molecular formula is C21H28N4O3S. The first-order chi connectivity index (χ1) is 13.8. The Morgan fingerprint density at radius 3 is 2.45 bits per heavy atom. The molecule has 0 spiro atoms. The fraction of sp³-hybridized carbons (Fsp3) is 0.429. The number of hydrogen-bond acceptors (Lipinski definition) is 5. The summed E-state index contributed by atoms with van der Waals surface area (Å²) >= 11 is 1.26. The molecule has 29 heavy (non-hydrogen) atoms. The van der Waals surface area contributed by atoms with Crippen LogP contribution in [-0.2, 0) is 16.0 Å². The smallest absolute Gasteiger partial charge is 0.254 e. The minimum Gasteiger partial charge on any atom is -0.356 e. The SMILES string of the molecule is CCCNC(=O)Cc1csc(NC(=O)CN(C(=O)c2ccc(C)cc2)C(C)C)n1. The predicted octanol–water partition coefficient (Wildman–Crippen LogP) is 3.01.